The van der Waals surface area contributed by atoms with Crippen LogP contribution in [0.5, 0.6) is 0 Å². The number of carboxylic acid groups (broad SMARTS) is 1. The van der Waals surface area contributed by atoms with Crippen molar-refractivity contribution in [2.75, 3.05) is 19.6 Å². The molecule has 2 rings (SSSR count). The predicted molar refractivity (Wildman–Crippen MR) is 80.9 cm³/mol. The number of hydrogen-bond acceptors (Lipinski definition) is 3. The zero-order chi connectivity index (χ0) is 14.6. The second kappa shape index (κ2) is 6.90. The molecule has 20 heavy (non-hydrogen) atoms. The maximum atomic E-state index is 11.7. The molecule has 1 saturated heterocycles. The molecule has 0 aromatic rings. The first-order valence-electron chi connectivity index (χ1n) is 8.33. The fraction of sp³-hybridized carbons (Fsp3) is 0.938. The van der Waals surface area contributed by atoms with Gasteiger partial charge in [-0.25, -0.2) is 0 Å². The van der Waals surface area contributed by atoms with E-state index in [-0.39, 0.29) is 0 Å². The quantitative estimate of drug-likeness (QED) is 0.786. The van der Waals surface area contributed by atoms with Crippen LogP contribution in [0.1, 0.15) is 58.8 Å². The average Bonchev–Trinajstić information content (AvgIpc) is 2.88. The van der Waals surface area contributed by atoms with E-state index in [4.69, 9.17) is 0 Å². The van der Waals surface area contributed by atoms with Crippen molar-refractivity contribution in [1.29, 1.82) is 0 Å². The van der Waals surface area contributed by atoms with Gasteiger partial charge in [-0.1, -0.05) is 20.3 Å². The lowest BCUT2D eigenvalue weighted by Crippen LogP contribution is -2.58. The van der Waals surface area contributed by atoms with Crippen LogP contribution in [0.4, 0.5) is 0 Å². The van der Waals surface area contributed by atoms with Gasteiger partial charge in [-0.2, -0.15) is 0 Å². The SMILES string of the molecule is CCCC1CCN(C2CCCC(NCC)(C(=O)O)C2)C1. The number of likely N-dealkylation sites (tertiary alicyclic amines) is 1. The summed E-state index contributed by atoms with van der Waals surface area (Å²) in [5.41, 5.74) is -0.680. The topological polar surface area (TPSA) is 52.6 Å². The first-order chi connectivity index (χ1) is 9.61. The van der Waals surface area contributed by atoms with Crippen molar-refractivity contribution in [3.8, 4) is 0 Å². The summed E-state index contributed by atoms with van der Waals surface area (Å²) in [5, 5.41) is 12.9. The van der Waals surface area contributed by atoms with Crippen LogP contribution in [-0.2, 0) is 4.79 Å². The Morgan fingerprint density at radius 1 is 1.40 bits per heavy atom. The zero-order valence-electron chi connectivity index (χ0n) is 13.0. The molecular formula is C16H30N2O2. The van der Waals surface area contributed by atoms with Gasteiger partial charge in [0.25, 0.3) is 0 Å². The number of likely N-dealkylation sites (N-methyl/N-ethyl adjacent to an activating group) is 1. The van der Waals surface area contributed by atoms with Crippen molar-refractivity contribution >= 4 is 5.97 Å². The molecule has 116 valence electrons. The van der Waals surface area contributed by atoms with Gasteiger partial charge >= 0.3 is 5.97 Å². The zero-order valence-corrected chi connectivity index (χ0v) is 13.0. The Bertz CT molecular complexity index is 330. The maximum absolute atomic E-state index is 11.7. The smallest absolute Gasteiger partial charge is 0.323 e. The summed E-state index contributed by atoms with van der Waals surface area (Å²) >= 11 is 0. The molecule has 0 spiro atoms. The summed E-state index contributed by atoms with van der Waals surface area (Å²) in [6.45, 7) is 7.33. The van der Waals surface area contributed by atoms with Gasteiger partial charge in [-0.3, -0.25) is 4.79 Å². The lowest BCUT2D eigenvalue weighted by Gasteiger charge is -2.41. The standard InChI is InChI=1S/C16H30N2O2/c1-3-6-13-8-10-18(12-13)14-7-5-9-16(11-14,15(19)20)17-4-2/h13-14,17H,3-12H2,1-2H3,(H,19,20). The average molecular weight is 282 g/mol. The lowest BCUT2D eigenvalue weighted by atomic mass is 9.78. The van der Waals surface area contributed by atoms with Crippen LogP contribution < -0.4 is 5.32 Å². The normalized spacial score (nSPS) is 35.3. The monoisotopic (exact) mass is 282 g/mol. The third-order valence-electron chi connectivity index (χ3n) is 5.18. The van der Waals surface area contributed by atoms with E-state index in [0.29, 0.717) is 6.04 Å². The number of hydrogen-bond donors (Lipinski definition) is 2. The van der Waals surface area contributed by atoms with Crippen molar-refractivity contribution < 1.29 is 9.90 Å². The van der Waals surface area contributed by atoms with Crippen molar-refractivity contribution in [2.24, 2.45) is 5.92 Å². The van der Waals surface area contributed by atoms with Crippen LogP contribution in [0.15, 0.2) is 0 Å². The van der Waals surface area contributed by atoms with E-state index in [2.05, 4.69) is 17.1 Å². The van der Waals surface area contributed by atoms with E-state index in [0.717, 1.165) is 38.3 Å². The summed E-state index contributed by atoms with van der Waals surface area (Å²) in [6.07, 6.45) is 7.62. The minimum Gasteiger partial charge on any atom is -0.480 e. The minimum absolute atomic E-state index is 0.459. The molecule has 0 aromatic heterocycles. The lowest BCUT2D eigenvalue weighted by molar-refractivity contribution is -0.147. The number of rotatable bonds is 6. The third-order valence-corrected chi connectivity index (χ3v) is 5.18. The molecule has 2 N–H and O–H groups in total. The molecule has 0 bridgehead atoms. The predicted octanol–water partition coefficient (Wildman–Crippen LogP) is 2.48. The Balaban J connectivity index is 1.98. The van der Waals surface area contributed by atoms with Crippen LogP contribution in [0, 0.1) is 5.92 Å². The fourth-order valence-electron chi connectivity index (χ4n) is 4.16. The Labute approximate surface area is 122 Å². The van der Waals surface area contributed by atoms with Gasteiger partial charge < -0.3 is 15.3 Å². The van der Waals surface area contributed by atoms with Crippen molar-refractivity contribution in [3.63, 3.8) is 0 Å². The summed E-state index contributed by atoms with van der Waals surface area (Å²) < 4.78 is 0. The first-order valence-corrected chi connectivity index (χ1v) is 8.33. The Hall–Kier alpha value is -0.610. The molecule has 4 nitrogen and oxygen atoms in total. The first kappa shape index (κ1) is 15.8. The number of nitrogens with one attached hydrogen (secondary N) is 1. The molecule has 0 aromatic carbocycles. The van der Waals surface area contributed by atoms with Crippen LogP contribution >= 0.6 is 0 Å². The molecule has 1 aliphatic heterocycles. The molecule has 2 aliphatic rings. The Morgan fingerprint density at radius 2 is 2.20 bits per heavy atom. The second-order valence-corrected chi connectivity index (χ2v) is 6.61. The van der Waals surface area contributed by atoms with Crippen LogP contribution in [-0.4, -0.2) is 47.2 Å². The van der Waals surface area contributed by atoms with Gasteiger partial charge in [0.2, 0.25) is 0 Å². The number of aliphatic carboxylic acids is 1. The molecule has 0 radical (unpaired) electrons. The molecule has 3 atom stereocenters. The van der Waals surface area contributed by atoms with Gasteiger partial charge in [-0.15, -0.1) is 0 Å². The molecule has 3 unspecified atom stereocenters. The van der Waals surface area contributed by atoms with Gasteiger partial charge in [0, 0.05) is 12.6 Å². The largest absolute Gasteiger partial charge is 0.480 e. The number of carbonyl (C=O) groups is 1. The van der Waals surface area contributed by atoms with Crippen LogP contribution in [0.3, 0.4) is 0 Å². The molecule has 1 saturated carbocycles. The number of nitrogens with zero attached hydrogens (tertiary/aromatic N) is 1. The summed E-state index contributed by atoms with van der Waals surface area (Å²) in [6, 6.07) is 0.459. The molecule has 2 fully saturated rings. The van der Waals surface area contributed by atoms with Gasteiger partial charge in [0.15, 0.2) is 0 Å². The highest BCUT2D eigenvalue weighted by Crippen LogP contribution is 2.34. The van der Waals surface area contributed by atoms with E-state index in [1.54, 1.807) is 0 Å². The molecule has 1 heterocycles. The van der Waals surface area contributed by atoms with Crippen LogP contribution in [0.25, 0.3) is 0 Å². The summed E-state index contributed by atoms with van der Waals surface area (Å²) in [7, 11) is 0. The van der Waals surface area contributed by atoms with E-state index in [1.165, 1.54) is 32.2 Å². The third kappa shape index (κ3) is 3.34. The van der Waals surface area contributed by atoms with E-state index < -0.39 is 11.5 Å². The maximum Gasteiger partial charge on any atom is 0.323 e. The molecule has 4 heteroatoms. The highest BCUT2D eigenvalue weighted by molar-refractivity contribution is 5.79. The highest BCUT2D eigenvalue weighted by atomic mass is 16.4. The van der Waals surface area contributed by atoms with Crippen molar-refractivity contribution in [1.82, 2.24) is 10.2 Å². The van der Waals surface area contributed by atoms with Gasteiger partial charge in [0.05, 0.1) is 0 Å². The van der Waals surface area contributed by atoms with E-state index in [1.807, 2.05) is 6.92 Å². The van der Waals surface area contributed by atoms with Crippen LogP contribution in [0.2, 0.25) is 0 Å². The van der Waals surface area contributed by atoms with Crippen molar-refractivity contribution in [2.45, 2.75) is 70.4 Å². The molecule has 1 aliphatic carbocycles. The fourth-order valence-corrected chi connectivity index (χ4v) is 4.16. The molecular weight excluding hydrogens is 252 g/mol. The van der Waals surface area contributed by atoms with E-state index in [9.17, 15) is 9.90 Å². The summed E-state index contributed by atoms with van der Waals surface area (Å²) in [5.74, 6) is 0.175. The Kier molecular flexibility index (Phi) is 5.44. The van der Waals surface area contributed by atoms with E-state index >= 15 is 0 Å². The minimum atomic E-state index is -0.680. The second-order valence-electron chi connectivity index (χ2n) is 6.61. The number of carboxylic acids is 1. The van der Waals surface area contributed by atoms with Crippen molar-refractivity contribution in [3.05, 3.63) is 0 Å². The molecule has 0 amide bonds. The van der Waals surface area contributed by atoms with Gasteiger partial charge in [0.1, 0.15) is 5.54 Å². The Morgan fingerprint density at radius 3 is 2.85 bits per heavy atom. The summed E-state index contributed by atoms with van der Waals surface area (Å²) in [4.78, 5) is 14.3. The van der Waals surface area contributed by atoms with Gasteiger partial charge in [-0.05, 0) is 57.5 Å². The highest BCUT2D eigenvalue weighted by Gasteiger charge is 2.44.